The summed E-state index contributed by atoms with van der Waals surface area (Å²) >= 11 is 0. The molecule has 0 radical (unpaired) electrons. The van der Waals surface area contributed by atoms with Crippen molar-refractivity contribution >= 4 is 33.7 Å². The highest BCUT2D eigenvalue weighted by Crippen LogP contribution is 2.26. The molecule has 0 aliphatic carbocycles. The number of unbranched alkanes of at least 4 members (excludes halogenated alkanes) is 1. The number of piperazine rings is 1. The highest BCUT2D eigenvalue weighted by molar-refractivity contribution is 6.06. The van der Waals surface area contributed by atoms with Crippen LogP contribution >= 0.6 is 0 Å². The number of nitrogens with one attached hydrogen (secondary N) is 2. The van der Waals surface area contributed by atoms with E-state index in [2.05, 4.69) is 27.5 Å². The van der Waals surface area contributed by atoms with Gasteiger partial charge in [-0.1, -0.05) is 30.3 Å². The molecule has 0 unspecified atom stereocenters. The number of anilines is 2. The van der Waals surface area contributed by atoms with Crippen molar-refractivity contribution in [1.82, 2.24) is 9.80 Å². The third kappa shape index (κ3) is 6.09. The molecule has 3 aromatic rings. The van der Waals surface area contributed by atoms with Crippen LogP contribution in [0.1, 0.15) is 23.2 Å². The van der Waals surface area contributed by atoms with Gasteiger partial charge in [0.2, 0.25) is 0 Å². The van der Waals surface area contributed by atoms with E-state index in [1.165, 1.54) is 6.07 Å². The molecule has 178 valence electrons. The van der Waals surface area contributed by atoms with Gasteiger partial charge in [0, 0.05) is 50.0 Å². The van der Waals surface area contributed by atoms with Gasteiger partial charge < -0.3 is 20.4 Å². The van der Waals surface area contributed by atoms with E-state index in [1.54, 1.807) is 12.1 Å². The number of carbonyl (C=O) groups excluding carboxylic acids is 1. The number of hydrogen-bond donors (Lipinski definition) is 2. The number of nitro benzene ring substituents is 1. The molecular formula is C26H31N5O3. The second-order valence-corrected chi connectivity index (χ2v) is 8.78. The Kier molecular flexibility index (Phi) is 7.72. The maximum atomic E-state index is 12.7. The van der Waals surface area contributed by atoms with E-state index in [1.807, 2.05) is 42.5 Å². The molecule has 1 aliphatic heterocycles. The maximum Gasteiger partial charge on any atom is 0.293 e. The lowest BCUT2D eigenvalue weighted by Gasteiger charge is -2.32. The third-order valence-electron chi connectivity index (χ3n) is 6.28. The molecule has 0 spiro atoms. The minimum atomic E-state index is -0.445. The normalized spacial score (nSPS) is 14.7. The number of likely N-dealkylation sites (N-methyl/N-ethyl adjacent to an activating group) is 1. The molecule has 1 fully saturated rings. The molecule has 34 heavy (non-hydrogen) atoms. The zero-order valence-corrected chi connectivity index (χ0v) is 19.5. The quantitative estimate of drug-likeness (QED) is 0.278. The van der Waals surface area contributed by atoms with Crippen molar-refractivity contribution in [3.8, 4) is 0 Å². The van der Waals surface area contributed by atoms with Crippen molar-refractivity contribution in [3.63, 3.8) is 0 Å². The number of fused-ring (bicyclic) bond motifs is 1. The molecule has 0 bridgehead atoms. The fraction of sp³-hybridized carbons (Fsp3) is 0.346. The fourth-order valence-corrected chi connectivity index (χ4v) is 4.20. The van der Waals surface area contributed by atoms with E-state index in [4.69, 9.17) is 0 Å². The Morgan fingerprint density at radius 1 is 0.971 bits per heavy atom. The minimum Gasteiger partial charge on any atom is -0.379 e. The Labute approximate surface area is 199 Å². The third-order valence-corrected chi connectivity index (χ3v) is 6.28. The Bertz CT molecular complexity index is 1160. The summed E-state index contributed by atoms with van der Waals surface area (Å²) in [6, 6.07) is 18.1. The summed E-state index contributed by atoms with van der Waals surface area (Å²) in [5.74, 6) is -0.378. The SMILES string of the molecule is CN1CCN(CCCCNc2ccc(C(=O)Nc3ccc4ccccc4c3)cc2[N+](=O)[O-])CC1. The summed E-state index contributed by atoms with van der Waals surface area (Å²) in [5, 5.41) is 19.8. The van der Waals surface area contributed by atoms with Crippen molar-refractivity contribution < 1.29 is 9.72 Å². The van der Waals surface area contributed by atoms with E-state index < -0.39 is 4.92 Å². The zero-order valence-electron chi connectivity index (χ0n) is 19.5. The van der Waals surface area contributed by atoms with E-state index in [0.717, 1.165) is 56.3 Å². The maximum absolute atomic E-state index is 12.7. The van der Waals surface area contributed by atoms with Crippen molar-refractivity contribution in [2.24, 2.45) is 0 Å². The first-order valence-corrected chi connectivity index (χ1v) is 11.7. The Hall–Kier alpha value is -3.49. The summed E-state index contributed by atoms with van der Waals surface area (Å²) < 4.78 is 0. The van der Waals surface area contributed by atoms with Crippen LogP contribution in [0.25, 0.3) is 10.8 Å². The largest absolute Gasteiger partial charge is 0.379 e. The van der Waals surface area contributed by atoms with Gasteiger partial charge in [-0.05, 0) is 61.5 Å². The first-order chi connectivity index (χ1) is 16.5. The van der Waals surface area contributed by atoms with Gasteiger partial charge in [0.1, 0.15) is 5.69 Å². The molecule has 0 saturated carbocycles. The first kappa shape index (κ1) is 23.7. The number of benzene rings is 3. The molecule has 1 amide bonds. The molecule has 2 N–H and O–H groups in total. The highest BCUT2D eigenvalue weighted by Gasteiger charge is 2.18. The second-order valence-electron chi connectivity index (χ2n) is 8.78. The van der Waals surface area contributed by atoms with Gasteiger partial charge in [-0.15, -0.1) is 0 Å². The lowest BCUT2D eigenvalue weighted by molar-refractivity contribution is -0.384. The van der Waals surface area contributed by atoms with Crippen molar-refractivity contribution in [2.75, 3.05) is 56.9 Å². The molecule has 8 nitrogen and oxygen atoms in total. The Balaban J connectivity index is 1.33. The van der Waals surface area contributed by atoms with Crippen LogP contribution in [0.3, 0.4) is 0 Å². The monoisotopic (exact) mass is 461 g/mol. The number of amides is 1. The van der Waals surface area contributed by atoms with Crippen molar-refractivity contribution in [3.05, 3.63) is 76.3 Å². The second kappa shape index (κ2) is 11.1. The van der Waals surface area contributed by atoms with Crippen LogP contribution in [0.4, 0.5) is 17.1 Å². The standard InChI is InChI=1S/C26H31N5O3/c1-29-14-16-30(17-15-29)13-5-4-12-27-24-11-9-22(19-25(24)31(33)34)26(32)28-23-10-8-20-6-2-3-7-21(20)18-23/h2-3,6-11,18-19,27H,4-5,12-17H2,1H3,(H,28,32). The van der Waals surface area contributed by atoms with Crippen LogP contribution in [-0.4, -0.2) is 66.9 Å². The molecule has 1 heterocycles. The van der Waals surface area contributed by atoms with Crippen LogP contribution in [0.2, 0.25) is 0 Å². The smallest absolute Gasteiger partial charge is 0.293 e. The highest BCUT2D eigenvalue weighted by atomic mass is 16.6. The summed E-state index contributed by atoms with van der Waals surface area (Å²) in [6.45, 7) is 6.09. The Morgan fingerprint density at radius 2 is 1.74 bits per heavy atom. The predicted molar refractivity (Wildman–Crippen MR) is 137 cm³/mol. The van der Waals surface area contributed by atoms with Crippen molar-refractivity contribution in [1.29, 1.82) is 0 Å². The van der Waals surface area contributed by atoms with Crippen LogP contribution in [-0.2, 0) is 0 Å². The molecule has 3 aromatic carbocycles. The summed E-state index contributed by atoms with van der Waals surface area (Å²) in [6.07, 6.45) is 1.96. The average molecular weight is 462 g/mol. The van der Waals surface area contributed by atoms with Crippen LogP contribution in [0, 0.1) is 10.1 Å². The van der Waals surface area contributed by atoms with Crippen molar-refractivity contribution in [2.45, 2.75) is 12.8 Å². The van der Waals surface area contributed by atoms with Crippen LogP contribution in [0.5, 0.6) is 0 Å². The summed E-state index contributed by atoms with van der Waals surface area (Å²) in [7, 11) is 2.15. The van der Waals surface area contributed by atoms with Gasteiger partial charge in [-0.3, -0.25) is 14.9 Å². The first-order valence-electron chi connectivity index (χ1n) is 11.7. The average Bonchev–Trinajstić information content (AvgIpc) is 2.85. The van der Waals surface area contributed by atoms with Gasteiger partial charge in [0.15, 0.2) is 0 Å². The van der Waals surface area contributed by atoms with E-state index in [0.29, 0.717) is 17.9 Å². The molecule has 8 heteroatoms. The minimum absolute atomic E-state index is 0.0924. The molecule has 1 saturated heterocycles. The molecule has 0 aromatic heterocycles. The number of nitro groups is 1. The topological polar surface area (TPSA) is 90.8 Å². The van der Waals surface area contributed by atoms with Crippen LogP contribution in [0.15, 0.2) is 60.7 Å². The lowest BCUT2D eigenvalue weighted by atomic mass is 10.1. The van der Waals surface area contributed by atoms with Crippen LogP contribution < -0.4 is 10.6 Å². The van der Waals surface area contributed by atoms with E-state index in [9.17, 15) is 14.9 Å². The number of nitrogens with zero attached hydrogens (tertiary/aromatic N) is 3. The number of carbonyl (C=O) groups is 1. The summed E-state index contributed by atoms with van der Waals surface area (Å²) in [4.78, 5) is 28.7. The Morgan fingerprint density at radius 3 is 2.50 bits per heavy atom. The van der Waals surface area contributed by atoms with Gasteiger partial charge in [-0.25, -0.2) is 0 Å². The fourth-order valence-electron chi connectivity index (χ4n) is 4.20. The van der Waals surface area contributed by atoms with Gasteiger partial charge in [0.25, 0.3) is 11.6 Å². The number of hydrogen-bond acceptors (Lipinski definition) is 6. The van der Waals surface area contributed by atoms with Gasteiger partial charge in [-0.2, -0.15) is 0 Å². The molecule has 4 rings (SSSR count). The van der Waals surface area contributed by atoms with E-state index >= 15 is 0 Å². The predicted octanol–water partition coefficient (Wildman–Crippen LogP) is 4.44. The lowest BCUT2D eigenvalue weighted by Crippen LogP contribution is -2.44. The summed E-state index contributed by atoms with van der Waals surface area (Å²) in [5.41, 5.74) is 1.24. The van der Waals surface area contributed by atoms with Gasteiger partial charge >= 0.3 is 0 Å². The molecule has 0 atom stereocenters. The zero-order chi connectivity index (χ0) is 23.9. The molecular weight excluding hydrogens is 430 g/mol. The van der Waals surface area contributed by atoms with Gasteiger partial charge in [0.05, 0.1) is 4.92 Å². The van der Waals surface area contributed by atoms with E-state index in [-0.39, 0.29) is 17.2 Å². The number of rotatable bonds is 9. The molecule has 1 aliphatic rings.